The number of carbonyl (C=O) groups excluding carboxylic acids is 1. The van der Waals surface area contributed by atoms with Gasteiger partial charge in [0.1, 0.15) is 12.1 Å². The molecule has 19 heavy (non-hydrogen) atoms. The number of halogens is 1. The van der Waals surface area contributed by atoms with Gasteiger partial charge in [-0.05, 0) is 11.5 Å². The maximum Gasteiger partial charge on any atom is 0.150 e. The van der Waals surface area contributed by atoms with Crippen LogP contribution in [0.4, 0.5) is 4.39 Å². The minimum Gasteiger partial charge on any atom is -0.298 e. The van der Waals surface area contributed by atoms with E-state index in [1.165, 1.54) is 6.07 Å². The normalized spacial score (nSPS) is 10.6. The Labute approximate surface area is 109 Å². The number of aldehydes is 1. The molecule has 0 atom stereocenters. The highest BCUT2D eigenvalue weighted by Crippen LogP contribution is 2.29. The van der Waals surface area contributed by atoms with Crippen LogP contribution in [0.2, 0.25) is 0 Å². The summed E-state index contributed by atoms with van der Waals surface area (Å²) in [4.78, 5) is 14.8. The van der Waals surface area contributed by atoms with Gasteiger partial charge in [0.15, 0.2) is 0 Å². The smallest absolute Gasteiger partial charge is 0.150 e. The largest absolute Gasteiger partial charge is 0.298 e. The number of carbonyl (C=O) groups is 1. The molecule has 0 saturated heterocycles. The van der Waals surface area contributed by atoms with Crippen LogP contribution in [0.3, 0.4) is 0 Å². The van der Waals surface area contributed by atoms with E-state index >= 15 is 0 Å². The van der Waals surface area contributed by atoms with Crippen molar-refractivity contribution in [3.8, 4) is 11.1 Å². The fourth-order valence-electron chi connectivity index (χ4n) is 2.15. The topological polar surface area (TPSA) is 30.0 Å². The van der Waals surface area contributed by atoms with Gasteiger partial charge in [0, 0.05) is 34.5 Å². The number of hydrogen-bond acceptors (Lipinski definition) is 2. The molecule has 0 aliphatic rings. The summed E-state index contributed by atoms with van der Waals surface area (Å²) in [5.41, 5.74) is 1.51. The van der Waals surface area contributed by atoms with Gasteiger partial charge in [-0.25, -0.2) is 4.39 Å². The molecule has 1 heterocycles. The van der Waals surface area contributed by atoms with Crippen LogP contribution in [0, 0.1) is 5.82 Å². The average Bonchev–Trinajstić information content (AvgIpc) is 2.46. The second kappa shape index (κ2) is 4.61. The highest BCUT2D eigenvalue weighted by atomic mass is 19.1. The summed E-state index contributed by atoms with van der Waals surface area (Å²) in [6.45, 7) is 0. The third-order valence-corrected chi connectivity index (χ3v) is 3.09. The first-order valence-electron chi connectivity index (χ1n) is 5.87. The van der Waals surface area contributed by atoms with Crippen molar-refractivity contribution in [1.29, 1.82) is 0 Å². The molecule has 0 radical (unpaired) electrons. The Bertz CT molecular complexity index is 762. The van der Waals surface area contributed by atoms with Crippen LogP contribution in [0.5, 0.6) is 0 Å². The lowest BCUT2D eigenvalue weighted by Crippen LogP contribution is -1.90. The second-order valence-electron chi connectivity index (χ2n) is 4.27. The molecule has 0 bridgehead atoms. The summed E-state index contributed by atoms with van der Waals surface area (Å²) >= 11 is 0. The zero-order chi connectivity index (χ0) is 13.2. The van der Waals surface area contributed by atoms with E-state index in [4.69, 9.17) is 0 Å². The number of nitrogens with zero attached hydrogens (tertiary/aromatic N) is 1. The van der Waals surface area contributed by atoms with Crippen molar-refractivity contribution in [3.63, 3.8) is 0 Å². The molecule has 0 fully saturated rings. The third-order valence-electron chi connectivity index (χ3n) is 3.09. The van der Waals surface area contributed by atoms with Gasteiger partial charge < -0.3 is 0 Å². The predicted octanol–water partition coefficient (Wildman–Crippen LogP) is 3.85. The van der Waals surface area contributed by atoms with E-state index in [1.807, 2.05) is 24.3 Å². The van der Waals surface area contributed by atoms with Gasteiger partial charge in [0.25, 0.3) is 0 Å². The molecule has 3 heteroatoms. The molecule has 0 amide bonds. The Morgan fingerprint density at radius 1 is 1.00 bits per heavy atom. The number of fused-ring (bicyclic) bond motifs is 1. The molecular formula is C16H10FNO. The Balaban J connectivity index is 2.27. The Kier molecular flexibility index (Phi) is 2.80. The van der Waals surface area contributed by atoms with Gasteiger partial charge >= 0.3 is 0 Å². The number of rotatable bonds is 2. The summed E-state index contributed by atoms with van der Waals surface area (Å²) in [7, 11) is 0. The van der Waals surface area contributed by atoms with Crippen LogP contribution in [0.15, 0.2) is 54.9 Å². The molecule has 2 nitrogen and oxygen atoms in total. The zero-order valence-electron chi connectivity index (χ0n) is 10.0. The highest BCUT2D eigenvalue weighted by Gasteiger charge is 2.09. The van der Waals surface area contributed by atoms with Crippen LogP contribution < -0.4 is 0 Å². The second-order valence-corrected chi connectivity index (χ2v) is 4.27. The summed E-state index contributed by atoms with van der Waals surface area (Å²) in [5.74, 6) is -0.414. The van der Waals surface area contributed by atoms with Gasteiger partial charge in [-0.2, -0.15) is 0 Å². The standard InChI is InChI=1S/C16H10FNO/c17-16-7-11(10-19)5-6-14(16)15-9-18-8-12-3-1-2-4-13(12)15/h1-10H. The predicted molar refractivity (Wildman–Crippen MR) is 72.5 cm³/mol. The molecule has 1 aromatic heterocycles. The first-order valence-corrected chi connectivity index (χ1v) is 5.87. The number of hydrogen-bond donors (Lipinski definition) is 0. The van der Waals surface area contributed by atoms with E-state index in [2.05, 4.69) is 4.98 Å². The third kappa shape index (κ3) is 1.99. The van der Waals surface area contributed by atoms with Gasteiger partial charge in [0.2, 0.25) is 0 Å². The fourth-order valence-corrected chi connectivity index (χ4v) is 2.15. The average molecular weight is 251 g/mol. The van der Waals surface area contributed by atoms with Gasteiger partial charge in [-0.15, -0.1) is 0 Å². The molecule has 92 valence electrons. The van der Waals surface area contributed by atoms with Crippen molar-refractivity contribution >= 4 is 17.1 Å². The maximum atomic E-state index is 14.1. The minimum atomic E-state index is -0.414. The van der Waals surface area contributed by atoms with Crippen LogP contribution in [0.1, 0.15) is 10.4 Å². The van der Waals surface area contributed by atoms with E-state index in [0.717, 1.165) is 16.3 Å². The van der Waals surface area contributed by atoms with Crippen molar-refractivity contribution in [2.24, 2.45) is 0 Å². The van der Waals surface area contributed by atoms with Crippen LogP contribution >= 0.6 is 0 Å². The molecule has 2 aromatic carbocycles. The molecule has 0 unspecified atom stereocenters. The van der Waals surface area contributed by atoms with Crippen LogP contribution in [-0.2, 0) is 0 Å². The van der Waals surface area contributed by atoms with Crippen molar-refractivity contribution in [3.05, 3.63) is 66.2 Å². The van der Waals surface area contributed by atoms with Crippen molar-refractivity contribution in [2.75, 3.05) is 0 Å². The maximum absolute atomic E-state index is 14.1. The number of pyridine rings is 1. The Morgan fingerprint density at radius 3 is 2.63 bits per heavy atom. The van der Waals surface area contributed by atoms with Crippen molar-refractivity contribution in [2.45, 2.75) is 0 Å². The van der Waals surface area contributed by atoms with Crippen molar-refractivity contribution < 1.29 is 9.18 Å². The fraction of sp³-hybridized carbons (Fsp3) is 0. The number of aromatic nitrogens is 1. The summed E-state index contributed by atoms with van der Waals surface area (Å²) in [5, 5.41) is 1.90. The molecule has 0 N–H and O–H groups in total. The van der Waals surface area contributed by atoms with E-state index < -0.39 is 5.82 Å². The highest BCUT2D eigenvalue weighted by molar-refractivity contribution is 5.96. The quantitative estimate of drug-likeness (QED) is 0.647. The van der Waals surface area contributed by atoms with E-state index in [1.54, 1.807) is 24.5 Å². The first-order chi connectivity index (χ1) is 9.29. The molecule has 0 saturated carbocycles. The van der Waals surface area contributed by atoms with Gasteiger partial charge in [-0.1, -0.05) is 36.4 Å². The Hall–Kier alpha value is -2.55. The van der Waals surface area contributed by atoms with Gasteiger partial charge in [-0.3, -0.25) is 9.78 Å². The minimum absolute atomic E-state index is 0.328. The molecular weight excluding hydrogens is 241 g/mol. The summed E-state index contributed by atoms with van der Waals surface area (Å²) < 4.78 is 14.1. The summed E-state index contributed by atoms with van der Waals surface area (Å²) in [6, 6.07) is 12.1. The first kappa shape index (κ1) is 11.5. The van der Waals surface area contributed by atoms with E-state index in [-0.39, 0.29) is 0 Å². The SMILES string of the molecule is O=Cc1ccc(-c2cncc3ccccc23)c(F)c1. The van der Waals surface area contributed by atoms with E-state index in [0.29, 0.717) is 17.4 Å². The molecule has 3 rings (SSSR count). The molecule has 0 aliphatic heterocycles. The molecule has 3 aromatic rings. The Morgan fingerprint density at radius 2 is 1.84 bits per heavy atom. The molecule has 0 spiro atoms. The van der Waals surface area contributed by atoms with Gasteiger partial charge in [0.05, 0.1) is 0 Å². The zero-order valence-corrected chi connectivity index (χ0v) is 10.0. The summed E-state index contributed by atoms with van der Waals surface area (Å²) in [6.07, 6.45) is 4.02. The van der Waals surface area contributed by atoms with Crippen LogP contribution in [-0.4, -0.2) is 11.3 Å². The lowest BCUT2D eigenvalue weighted by atomic mass is 9.99. The van der Waals surface area contributed by atoms with Crippen molar-refractivity contribution in [1.82, 2.24) is 4.98 Å². The lowest BCUT2D eigenvalue weighted by molar-refractivity contribution is 0.112. The van der Waals surface area contributed by atoms with Crippen LogP contribution in [0.25, 0.3) is 21.9 Å². The number of benzene rings is 2. The molecule has 0 aliphatic carbocycles. The monoisotopic (exact) mass is 251 g/mol. The van der Waals surface area contributed by atoms with E-state index in [9.17, 15) is 9.18 Å². The lowest BCUT2D eigenvalue weighted by Gasteiger charge is -2.07.